The van der Waals surface area contributed by atoms with E-state index >= 15 is 0 Å². The molecule has 0 aliphatic heterocycles. The molecule has 0 atom stereocenters. The van der Waals surface area contributed by atoms with Crippen LogP contribution in [0.3, 0.4) is 0 Å². The lowest BCUT2D eigenvalue weighted by molar-refractivity contribution is -0.139. The van der Waals surface area contributed by atoms with Crippen LogP contribution in [0, 0.1) is 0 Å². The Morgan fingerprint density at radius 3 is 0.582 bits per heavy atom. The molecule has 2 nitrogen and oxygen atoms in total. The predicted octanol–water partition coefficient (Wildman–Crippen LogP) is 19.5. The summed E-state index contributed by atoms with van der Waals surface area (Å²) < 4.78 is 5.15. The summed E-state index contributed by atoms with van der Waals surface area (Å²) in [5.74, 6) is -0.248. The molecule has 0 amide bonds. The van der Waals surface area contributed by atoms with Gasteiger partial charge >= 0.3 is 5.97 Å². The van der Waals surface area contributed by atoms with Crippen LogP contribution in [0.15, 0.2) is 12.2 Å². The molecule has 0 aromatic carbocycles. The maximum Gasteiger partial charge on any atom is 0.333 e. The van der Waals surface area contributed by atoms with Crippen LogP contribution in [0.1, 0.15) is 316 Å². The molecule has 0 aliphatic rings. The zero-order chi connectivity index (χ0) is 39.8. The Bertz CT molecular complexity index is 728. The van der Waals surface area contributed by atoms with Crippen molar-refractivity contribution in [1.29, 1.82) is 0 Å². The third-order valence-corrected chi connectivity index (χ3v) is 12.3. The van der Waals surface area contributed by atoms with Gasteiger partial charge < -0.3 is 4.74 Å². The molecule has 2 heteroatoms. The predicted molar refractivity (Wildman–Crippen MR) is 248 cm³/mol. The molecule has 0 radical (unpaired) electrons. The van der Waals surface area contributed by atoms with Crippen molar-refractivity contribution in [1.82, 2.24) is 0 Å². The summed E-state index contributed by atoms with van der Waals surface area (Å²) in [6, 6.07) is 0. The lowest BCUT2D eigenvalue weighted by atomic mass is 10.0. The van der Waals surface area contributed by atoms with Crippen molar-refractivity contribution < 1.29 is 9.53 Å². The molecule has 0 saturated carbocycles. The molecule has 0 bridgehead atoms. The second kappa shape index (κ2) is 49.4. The van der Waals surface area contributed by atoms with Crippen molar-refractivity contribution in [2.24, 2.45) is 0 Å². The van der Waals surface area contributed by atoms with E-state index in [0.29, 0.717) is 12.2 Å². The van der Waals surface area contributed by atoms with E-state index in [2.05, 4.69) is 13.5 Å². The Hall–Kier alpha value is -0.790. The number of esters is 1. The average molecular weight is 773 g/mol. The van der Waals surface area contributed by atoms with Crippen LogP contribution < -0.4 is 0 Å². The number of carbonyl (C=O) groups is 1. The minimum Gasteiger partial charge on any atom is -0.462 e. The van der Waals surface area contributed by atoms with Crippen molar-refractivity contribution >= 4 is 5.97 Å². The fourth-order valence-electron chi connectivity index (χ4n) is 8.42. The minimum absolute atomic E-state index is 0.248. The molecule has 0 aromatic rings. The monoisotopic (exact) mass is 773 g/mol. The van der Waals surface area contributed by atoms with Gasteiger partial charge in [-0.2, -0.15) is 0 Å². The highest BCUT2D eigenvalue weighted by Gasteiger charge is 2.02. The Balaban J connectivity index is 3.07. The van der Waals surface area contributed by atoms with Crippen LogP contribution in [0.25, 0.3) is 0 Å². The van der Waals surface area contributed by atoms with Gasteiger partial charge in [-0.3, -0.25) is 0 Å². The Kier molecular flexibility index (Phi) is 48.6. The van der Waals surface area contributed by atoms with Gasteiger partial charge in [0.05, 0.1) is 6.61 Å². The molecule has 55 heavy (non-hydrogen) atoms. The second-order valence-electron chi connectivity index (χ2n) is 18.2. The molecule has 0 unspecified atom stereocenters. The normalized spacial score (nSPS) is 11.5. The smallest absolute Gasteiger partial charge is 0.333 e. The van der Waals surface area contributed by atoms with Crippen LogP contribution in [0.5, 0.6) is 0 Å². The number of rotatable bonds is 49. The van der Waals surface area contributed by atoms with Crippen LogP contribution >= 0.6 is 0 Å². The van der Waals surface area contributed by atoms with E-state index in [1.807, 2.05) is 0 Å². The lowest BCUT2D eigenvalue weighted by Crippen LogP contribution is -2.05. The van der Waals surface area contributed by atoms with E-state index in [9.17, 15) is 4.79 Å². The number of hydrogen-bond donors (Lipinski definition) is 0. The first-order chi connectivity index (χ1) is 27.2. The van der Waals surface area contributed by atoms with Crippen LogP contribution in [-0.4, -0.2) is 12.6 Å². The van der Waals surface area contributed by atoms with Gasteiger partial charge in [0.2, 0.25) is 0 Å². The number of ether oxygens (including phenoxy) is 1. The Morgan fingerprint density at radius 1 is 0.291 bits per heavy atom. The molecule has 0 aliphatic carbocycles. The summed E-state index contributed by atoms with van der Waals surface area (Å²) >= 11 is 0. The van der Waals surface area contributed by atoms with Gasteiger partial charge in [-0.1, -0.05) is 309 Å². The van der Waals surface area contributed by atoms with E-state index in [4.69, 9.17) is 4.74 Å². The molecule has 0 fully saturated rings. The van der Waals surface area contributed by atoms with Gasteiger partial charge in [-0.25, -0.2) is 4.79 Å². The quantitative estimate of drug-likeness (QED) is 0.0350. The number of hydrogen-bond acceptors (Lipinski definition) is 2. The van der Waals surface area contributed by atoms with E-state index in [1.54, 1.807) is 6.92 Å². The highest BCUT2D eigenvalue weighted by Crippen LogP contribution is 2.18. The third-order valence-electron chi connectivity index (χ3n) is 12.3. The molecular weight excluding hydrogens is 669 g/mol. The summed E-state index contributed by atoms with van der Waals surface area (Å²) in [5.41, 5.74) is 0.498. The molecule has 0 aromatic heterocycles. The third kappa shape index (κ3) is 49.3. The molecule has 0 N–H and O–H groups in total. The minimum atomic E-state index is -0.248. The fourth-order valence-corrected chi connectivity index (χ4v) is 8.42. The van der Waals surface area contributed by atoms with Gasteiger partial charge in [-0.05, 0) is 13.3 Å². The van der Waals surface area contributed by atoms with Crippen LogP contribution in [-0.2, 0) is 9.53 Å². The highest BCUT2D eigenvalue weighted by molar-refractivity contribution is 5.86. The molecule has 0 spiro atoms. The molecule has 328 valence electrons. The number of carbonyl (C=O) groups excluding carboxylic acids is 1. The van der Waals surface area contributed by atoms with Crippen molar-refractivity contribution in [3.05, 3.63) is 12.2 Å². The first-order valence-electron chi connectivity index (χ1n) is 26.0. The largest absolute Gasteiger partial charge is 0.462 e. The average Bonchev–Trinajstić information content (AvgIpc) is 3.18. The Labute approximate surface area is 348 Å². The molecule has 0 rings (SSSR count). The zero-order valence-electron chi connectivity index (χ0n) is 38.5. The molecular formula is C53H104O2. The van der Waals surface area contributed by atoms with E-state index in [1.165, 1.54) is 295 Å². The van der Waals surface area contributed by atoms with Crippen molar-refractivity contribution in [3.63, 3.8) is 0 Å². The van der Waals surface area contributed by atoms with Gasteiger partial charge in [0.1, 0.15) is 0 Å². The van der Waals surface area contributed by atoms with E-state index in [-0.39, 0.29) is 5.97 Å². The topological polar surface area (TPSA) is 26.3 Å². The summed E-state index contributed by atoms with van der Waals surface area (Å²) in [5, 5.41) is 0. The highest BCUT2D eigenvalue weighted by atomic mass is 16.5. The summed E-state index contributed by atoms with van der Waals surface area (Å²) in [6.07, 6.45) is 67.9. The van der Waals surface area contributed by atoms with Crippen molar-refractivity contribution in [2.75, 3.05) is 6.61 Å². The summed E-state index contributed by atoms with van der Waals surface area (Å²) in [4.78, 5) is 11.3. The van der Waals surface area contributed by atoms with Crippen LogP contribution in [0.4, 0.5) is 0 Å². The first-order valence-corrected chi connectivity index (χ1v) is 26.0. The first kappa shape index (κ1) is 54.2. The van der Waals surface area contributed by atoms with Gasteiger partial charge in [0.25, 0.3) is 0 Å². The Morgan fingerprint density at radius 2 is 0.436 bits per heavy atom. The van der Waals surface area contributed by atoms with Gasteiger partial charge in [-0.15, -0.1) is 0 Å². The summed E-state index contributed by atoms with van der Waals surface area (Å²) in [7, 11) is 0. The van der Waals surface area contributed by atoms with Gasteiger partial charge in [0.15, 0.2) is 0 Å². The van der Waals surface area contributed by atoms with Gasteiger partial charge in [0, 0.05) is 5.57 Å². The van der Waals surface area contributed by atoms with Crippen molar-refractivity contribution in [2.45, 2.75) is 316 Å². The zero-order valence-corrected chi connectivity index (χ0v) is 38.5. The second-order valence-corrected chi connectivity index (χ2v) is 18.2. The van der Waals surface area contributed by atoms with Crippen molar-refractivity contribution in [3.8, 4) is 0 Å². The summed E-state index contributed by atoms with van der Waals surface area (Å²) in [6.45, 7) is 8.18. The molecule has 0 heterocycles. The number of unbranched alkanes of at least 4 members (excludes halogenated alkanes) is 46. The maximum absolute atomic E-state index is 11.3. The SMILES string of the molecule is C=C(C)C(=O)OCCCCCCCCCCCCCCCCCCCCCCCCCCCCCCCCCCCCCCCCCCCCCCCCC. The van der Waals surface area contributed by atoms with E-state index < -0.39 is 0 Å². The maximum atomic E-state index is 11.3. The van der Waals surface area contributed by atoms with E-state index in [0.717, 1.165) is 6.42 Å². The van der Waals surface area contributed by atoms with Crippen LogP contribution in [0.2, 0.25) is 0 Å². The lowest BCUT2D eigenvalue weighted by Gasteiger charge is -2.05. The fraction of sp³-hybridized carbons (Fsp3) is 0.943. The molecule has 0 saturated heterocycles. The standard InChI is InChI=1S/C53H104O2/c1-4-5-6-7-8-9-10-11-12-13-14-15-16-17-18-19-20-21-22-23-24-25-26-27-28-29-30-31-32-33-34-35-36-37-38-39-40-41-42-43-44-45-46-47-48-49-50-51-55-53(54)52(2)3/h2,4-51H2,1,3H3.